The van der Waals surface area contributed by atoms with E-state index in [-0.39, 0.29) is 24.5 Å². The molecule has 0 spiro atoms. The molecule has 1 amide bonds. The maximum absolute atomic E-state index is 12.2. The minimum atomic E-state index is -0.195. The summed E-state index contributed by atoms with van der Waals surface area (Å²) in [4.78, 5) is 12.2. The third kappa shape index (κ3) is 5.25. The van der Waals surface area contributed by atoms with Crippen LogP contribution in [-0.2, 0) is 4.79 Å². The van der Waals surface area contributed by atoms with Crippen molar-refractivity contribution >= 4 is 5.91 Å². The molecule has 0 heterocycles. The summed E-state index contributed by atoms with van der Waals surface area (Å²) in [6, 6.07) is 16.2. The number of amides is 1. The first-order chi connectivity index (χ1) is 12.0. The van der Waals surface area contributed by atoms with E-state index in [1.54, 1.807) is 31.4 Å². The quantitative estimate of drug-likeness (QED) is 0.839. The van der Waals surface area contributed by atoms with Gasteiger partial charge >= 0.3 is 0 Å². The summed E-state index contributed by atoms with van der Waals surface area (Å²) in [6.07, 6.45) is 0. The molecule has 0 radical (unpaired) electrons. The first kappa shape index (κ1) is 18.3. The van der Waals surface area contributed by atoms with E-state index >= 15 is 0 Å². The van der Waals surface area contributed by atoms with Gasteiger partial charge in [-0.15, -0.1) is 0 Å². The molecule has 0 saturated carbocycles. The number of rotatable bonds is 7. The number of nitriles is 1. The minimum Gasteiger partial charge on any atom is -0.497 e. The molecule has 130 valence electrons. The van der Waals surface area contributed by atoms with Crippen LogP contribution in [0, 0.1) is 17.2 Å². The van der Waals surface area contributed by atoms with E-state index in [0.717, 1.165) is 11.3 Å². The third-order valence-corrected chi connectivity index (χ3v) is 3.81. The van der Waals surface area contributed by atoms with Gasteiger partial charge in [-0.25, -0.2) is 0 Å². The fourth-order valence-electron chi connectivity index (χ4n) is 2.44. The average Bonchev–Trinajstić information content (AvgIpc) is 2.64. The number of nitrogens with zero attached hydrogens (tertiary/aromatic N) is 1. The molecule has 0 aliphatic heterocycles. The summed E-state index contributed by atoms with van der Waals surface area (Å²) in [7, 11) is 1.62. The van der Waals surface area contributed by atoms with Crippen molar-refractivity contribution in [3.8, 4) is 17.6 Å². The molecule has 0 bridgehead atoms. The van der Waals surface area contributed by atoms with Crippen LogP contribution in [0.1, 0.15) is 31.0 Å². The Morgan fingerprint density at radius 3 is 2.20 bits per heavy atom. The Balaban J connectivity index is 1.96. The standard InChI is InChI=1S/C20H22N2O3/c1-14(2)20(16-6-10-17(24-3)11-7-16)22-19(23)13-25-18-8-4-15(12-21)5-9-18/h4-11,14,20H,13H2,1-3H3,(H,22,23). The Morgan fingerprint density at radius 1 is 1.08 bits per heavy atom. The van der Waals surface area contributed by atoms with Gasteiger partial charge in [-0.3, -0.25) is 4.79 Å². The Labute approximate surface area is 148 Å². The third-order valence-electron chi connectivity index (χ3n) is 3.81. The number of hydrogen-bond acceptors (Lipinski definition) is 4. The summed E-state index contributed by atoms with van der Waals surface area (Å²) in [6.45, 7) is 4.03. The van der Waals surface area contributed by atoms with E-state index in [1.165, 1.54) is 0 Å². The molecular weight excluding hydrogens is 316 g/mol. The first-order valence-corrected chi connectivity index (χ1v) is 8.09. The maximum atomic E-state index is 12.2. The number of methoxy groups -OCH3 is 1. The number of ether oxygens (including phenoxy) is 2. The van der Waals surface area contributed by atoms with Gasteiger partial charge in [0.05, 0.1) is 24.8 Å². The summed E-state index contributed by atoms with van der Waals surface area (Å²) < 4.78 is 10.6. The second kappa shape index (κ2) is 8.74. The lowest BCUT2D eigenvalue weighted by Gasteiger charge is -2.23. The van der Waals surface area contributed by atoms with Gasteiger partial charge in [0.2, 0.25) is 0 Å². The highest BCUT2D eigenvalue weighted by Gasteiger charge is 2.18. The van der Waals surface area contributed by atoms with Crippen LogP contribution in [0.3, 0.4) is 0 Å². The topological polar surface area (TPSA) is 71.3 Å². The van der Waals surface area contributed by atoms with E-state index in [0.29, 0.717) is 11.3 Å². The average molecular weight is 338 g/mol. The highest BCUT2D eigenvalue weighted by atomic mass is 16.5. The second-order valence-corrected chi connectivity index (χ2v) is 5.99. The lowest BCUT2D eigenvalue weighted by Crippen LogP contribution is -2.35. The first-order valence-electron chi connectivity index (χ1n) is 8.09. The van der Waals surface area contributed by atoms with Crippen molar-refractivity contribution in [2.75, 3.05) is 13.7 Å². The zero-order valence-electron chi connectivity index (χ0n) is 14.7. The van der Waals surface area contributed by atoms with Gasteiger partial charge < -0.3 is 14.8 Å². The predicted octanol–water partition coefficient (Wildman–Crippen LogP) is 3.46. The fraction of sp³-hybridized carbons (Fsp3) is 0.300. The molecule has 0 aromatic heterocycles. The lowest BCUT2D eigenvalue weighted by molar-refractivity contribution is -0.124. The van der Waals surface area contributed by atoms with Gasteiger partial charge in [-0.1, -0.05) is 26.0 Å². The second-order valence-electron chi connectivity index (χ2n) is 5.99. The summed E-state index contributed by atoms with van der Waals surface area (Å²) in [5.74, 6) is 1.37. The Kier molecular flexibility index (Phi) is 6.41. The SMILES string of the molecule is COc1ccc(C(NC(=O)COc2ccc(C#N)cc2)C(C)C)cc1. The maximum Gasteiger partial charge on any atom is 0.258 e. The van der Waals surface area contributed by atoms with Crippen molar-refractivity contribution in [2.45, 2.75) is 19.9 Å². The van der Waals surface area contributed by atoms with E-state index in [2.05, 4.69) is 19.2 Å². The Morgan fingerprint density at radius 2 is 1.68 bits per heavy atom. The summed E-state index contributed by atoms with van der Waals surface area (Å²) in [5, 5.41) is 11.8. The molecule has 5 heteroatoms. The fourth-order valence-corrected chi connectivity index (χ4v) is 2.44. The molecule has 0 saturated heterocycles. The van der Waals surface area contributed by atoms with Crippen molar-refractivity contribution in [3.05, 3.63) is 59.7 Å². The molecule has 1 N–H and O–H groups in total. The molecule has 2 rings (SSSR count). The van der Waals surface area contributed by atoms with Crippen LogP contribution in [0.15, 0.2) is 48.5 Å². The van der Waals surface area contributed by atoms with Crippen LogP contribution in [0.25, 0.3) is 0 Å². The highest BCUT2D eigenvalue weighted by Crippen LogP contribution is 2.24. The zero-order valence-corrected chi connectivity index (χ0v) is 14.7. The molecule has 25 heavy (non-hydrogen) atoms. The molecule has 2 aromatic carbocycles. The number of benzene rings is 2. The Bertz CT molecular complexity index is 731. The number of hydrogen-bond donors (Lipinski definition) is 1. The van der Waals surface area contributed by atoms with Gasteiger partial charge in [0.1, 0.15) is 11.5 Å². The molecule has 1 atom stereocenters. The molecular formula is C20H22N2O3. The Hall–Kier alpha value is -3.00. The molecule has 0 aliphatic carbocycles. The van der Waals surface area contributed by atoms with Crippen molar-refractivity contribution in [1.29, 1.82) is 5.26 Å². The molecule has 2 aromatic rings. The number of carbonyl (C=O) groups is 1. The number of nitrogens with one attached hydrogen (secondary N) is 1. The van der Waals surface area contributed by atoms with Gasteiger partial charge in [-0.2, -0.15) is 5.26 Å². The summed E-state index contributed by atoms with van der Waals surface area (Å²) >= 11 is 0. The van der Waals surface area contributed by atoms with E-state index < -0.39 is 0 Å². The highest BCUT2D eigenvalue weighted by molar-refractivity contribution is 5.78. The monoisotopic (exact) mass is 338 g/mol. The molecule has 5 nitrogen and oxygen atoms in total. The van der Waals surface area contributed by atoms with Crippen LogP contribution < -0.4 is 14.8 Å². The zero-order chi connectivity index (χ0) is 18.2. The minimum absolute atomic E-state index is 0.0781. The van der Waals surface area contributed by atoms with E-state index in [9.17, 15) is 4.79 Å². The molecule has 1 unspecified atom stereocenters. The smallest absolute Gasteiger partial charge is 0.258 e. The molecule has 0 aliphatic rings. The normalized spacial score (nSPS) is 11.5. The lowest BCUT2D eigenvalue weighted by atomic mass is 9.96. The van der Waals surface area contributed by atoms with Gasteiger partial charge in [-0.05, 0) is 47.9 Å². The van der Waals surface area contributed by atoms with Gasteiger partial charge in [0.15, 0.2) is 6.61 Å². The van der Waals surface area contributed by atoms with Crippen LogP contribution in [-0.4, -0.2) is 19.6 Å². The van der Waals surface area contributed by atoms with Crippen LogP contribution >= 0.6 is 0 Å². The van der Waals surface area contributed by atoms with Crippen molar-refractivity contribution < 1.29 is 14.3 Å². The van der Waals surface area contributed by atoms with Crippen LogP contribution in [0.2, 0.25) is 0 Å². The van der Waals surface area contributed by atoms with Crippen molar-refractivity contribution in [1.82, 2.24) is 5.32 Å². The predicted molar refractivity (Wildman–Crippen MR) is 95.4 cm³/mol. The van der Waals surface area contributed by atoms with Crippen molar-refractivity contribution in [2.24, 2.45) is 5.92 Å². The van der Waals surface area contributed by atoms with Gasteiger partial charge in [0, 0.05) is 0 Å². The van der Waals surface area contributed by atoms with E-state index in [1.807, 2.05) is 30.3 Å². The van der Waals surface area contributed by atoms with Gasteiger partial charge in [0.25, 0.3) is 5.91 Å². The largest absolute Gasteiger partial charge is 0.497 e. The number of carbonyl (C=O) groups excluding carboxylic acids is 1. The van der Waals surface area contributed by atoms with Crippen LogP contribution in [0.5, 0.6) is 11.5 Å². The van der Waals surface area contributed by atoms with E-state index in [4.69, 9.17) is 14.7 Å². The molecule has 0 fully saturated rings. The van der Waals surface area contributed by atoms with Crippen LogP contribution in [0.4, 0.5) is 0 Å². The van der Waals surface area contributed by atoms with Crippen molar-refractivity contribution in [3.63, 3.8) is 0 Å². The summed E-state index contributed by atoms with van der Waals surface area (Å²) in [5.41, 5.74) is 1.57.